The first kappa shape index (κ1) is 17.3. The van der Waals surface area contributed by atoms with E-state index in [1.165, 1.54) is 6.42 Å². The molecule has 1 saturated carbocycles. The number of hydrogen-bond donors (Lipinski definition) is 1. The van der Waals surface area contributed by atoms with Gasteiger partial charge < -0.3 is 15.1 Å². The van der Waals surface area contributed by atoms with Crippen LogP contribution in [0.15, 0.2) is 12.2 Å². The number of allylic oxidation sites excluding steroid dienone is 1. The van der Waals surface area contributed by atoms with Gasteiger partial charge in [-0.1, -0.05) is 12.2 Å². The van der Waals surface area contributed by atoms with Gasteiger partial charge >= 0.3 is 6.03 Å². The van der Waals surface area contributed by atoms with Crippen LogP contribution in [0.25, 0.3) is 0 Å². The summed E-state index contributed by atoms with van der Waals surface area (Å²) in [4.78, 5) is 28.7. The lowest BCUT2D eigenvalue weighted by molar-refractivity contribution is -0.136. The molecule has 2 aliphatic carbocycles. The Labute approximate surface area is 145 Å². The maximum atomic E-state index is 12.5. The molecule has 0 bridgehead atoms. The van der Waals surface area contributed by atoms with Crippen molar-refractivity contribution in [2.45, 2.75) is 82.8 Å². The zero-order chi connectivity index (χ0) is 16.9. The van der Waals surface area contributed by atoms with E-state index in [1.54, 1.807) is 6.92 Å². The van der Waals surface area contributed by atoms with Crippen LogP contribution in [0, 0.1) is 0 Å². The highest BCUT2D eigenvalue weighted by Crippen LogP contribution is 2.30. The Morgan fingerprint density at radius 2 is 1.75 bits per heavy atom. The number of hydrogen-bond acceptors (Lipinski definition) is 2. The van der Waals surface area contributed by atoms with Crippen molar-refractivity contribution in [3.05, 3.63) is 12.2 Å². The van der Waals surface area contributed by atoms with Crippen LogP contribution in [-0.2, 0) is 4.79 Å². The molecule has 0 spiro atoms. The number of carbonyl (C=O) groups is 2. The Balaban J connectivity index is 1.53. The number of likely N-dealkylation sites (tertiary alicyclic amines) is 1. The number of carbonyl (C=O) groups excluding carboxylic acids is 2. The number of rotatable bonds is 3. The van der Waals surface area contributed by atoms with Crippen molar-refractivity contribution in [3.8, 4) is 0 Å². The predicted molar refractivity (Wildman–Crippen MR) is 94.7 cm³/mol. The van der Waals surface area contributed by atoms with Gasteiger partial charge in [-0.25, -0.2) is 4.79 Å². The van der Waals surface area contributed by atoms with Crippen molar-refractivity contribution in [1.29, 1.82) is 0 Å². The average molecular weight is 333 g/mol. The van der Waals surface area contributed by atoms with E-state index in [1.807, 2.05) is 4.90 Å². The SMILES string of the molecule is CC(=O)N(C1CCC1)[C@@H]1CCCN(C(=O)N[C@@H]2C=CCCC2)CC1. The Morgan fingerprint density at radius 3 is 2.38 bits per heavy atom. The van der Waals surface area contributed by atoms with E-state index in [9.17, 15) is 9.59 Å². The molecule has 24 heavy (non-hydrogen) atoms. The zero-order valence-electron chi connectivity index (χ0n) is 14.9. The van der Waals surface area contributed by atoms with Gasteiger partial charge in [0.15, 0.2) is 0 Å². The molecule has 1 saturated heterocycles. The standard InChI is InChI=1S/C19H31N3O2/c1-15(23)22(17-9-5-10-17)18-11-6-13-21(14-12-18)19(24)20-16-7-3-2-4-8-16/h3,7,16-18H,2,4-6,8-14H2,1H3,(H,20,24)/t16-,18-/m1/s1. The van der Waals surface area contributed by atoms with E-state index >= 15 is 0 Å². The minimum absolute atomic E-state index is 0.0604. The van der Waals surface area contributed by atoms with Crippen LogP contribution >= 0.6 is 0 Å². The summed E-state index contributed by atoms with van der Waals surface area (Å²) in [7, 11) is 0. The first-order valence-electron chi connectivity index (χ1n) is 9.66. The lowest BCUT2D eigenvalue weighted by atomic mass is 9.89. The molecule has 5 heteroatoms. The van der Waals surface area contributed by atoms with Crippen LogP contribution in [0.1, 0.15) is 64.7 Å². The van der Waals surface area contributed by atoms with Crippen LogP contribution in [0.4, 0.5) is 4.79 Å². The van der Waals surface area contributed by atoms with Gasteiger partial charge in [0, 0.05) is 38.1 Å². The van der Waals surface area contributed by atoms with Crippen LogP contribution in [-0.4, -0.2) is 53.0 Å². The van der Waals surface area contributed by atoms with E-state index in [-0.39, 0.29) is 18.0 Å². The zero-order valence-corrected chi connectivity index (χ0v) is 14.9. The second-order valence-electron chi connectivity index (χ2n) is 7.50. The molecule has 0 aromatic rings. The molecule has 1 N–H and O–H groups in total. The summed E-state index contributed by atoms with van der Waals surface area (Å²) in [5.41, 5.74) is 0. The normalized spacial score (nSPS) is 28.0. The topological polar surface area (TPSA) is 52.7 Å². The molecule has 3 rings (SSSR count). The second-order valence-corrected chi connectivity index (χ2v) is 7.50. The fraction of sp³-hybridized carbons (Fsp3) is 0.789. The highest BCUT2D eigenvalue weighted by Gasteiger charge is 2.34. The summed E-state index contributed by atoms with van der Waals surface area (Å²) in [6, 6.07) is 1.000. The molecule has 0 unspecified atom stereocenters. The first-order chi connectivity index (χ1) is 11.6. The predicted octanol–water partition coefficient (Wildman–Crippen LogP) is 3.06. The molecule has 3 amide bonds. The highest BCUT2D eigenvalue weighted by molar-refractivity contribution is 5.75. The smallest absolute Gasteiger partial charge is 0.317 e. The number of urea groups is 1. The van der Waals surface area contributed by atoms with Gasteiger partial charge in [-0.2, -0.15) is 0 Å². The van der Waals surface area contributed by atoms with E-state index in [4.69, 9.17) is 0 Å². The molecule has 3 aliphatic rings. The summed E-state index contributed by atoms with van der Waals surface area (Å²) in [6.07, 6.45) is 14.0. The third-order valence-corrected chi connectivity index (χ3v) is 5.77. The van der Waals surface area contributed by atoms with Crippen molar-refractivity contribution < 1.29 is 9.59 Å². The fourth-order valence-corrected chi connectivity index (χ4v) is 4.22. The Kier molecular flexibility index (Phi) is 5.80. The highest BCUT2D eigenvalue weighted by atomic mass is 16.2. The molecule has 2 fully saturated rings. The summed E-state index contributed by atoms with van der Waals surface area (Å²) in [6.45, 7) is 3.25. The second kappa shape index (κ2) is 8.04. The van der Waals surface area contributed by atoms with E-state index < -0.39 is 0 Å². The third-order valence-electron chi connectivity index (χ3n) is 5.77. The number of nitrogens with zero attached hydrogens (tertiary/aromatic N) is 2. The lowest BCUT2D eigenvalue weighted by Gasteiger charge is -2.42. The van der Waals surface area contributed by atoms with Crippen molar-refractivity contribution in [1.82, 2.24) is 15.1 Å². The minimum atomic E-state index is 0.0604. The van der Waals surface area contributed by atoms with Crippen molar-refractivity contribution >= 4 is 11.9 Å². The van der Waals surface area contributed by atoms with Crippen molar-refractivity contribution in [3.63, 3.8) is 0 Å². The van der Waals surface area contributed by atoms with Gasteiger partial charge in [-0.3, -0.25) is 4.79 Å². The maximum absolute atomic E-state index is 12.5. The molecule has 0 aromatic carbocycles. The van der Waals surface area contributed by atoms with Crippen LogP contribution < -0.4 is 5.32 Å². The molecule has 5 nitrogen and oxygen atoms in total. The van der Waals surface area contributed by atoms with Crippen molar-refractivity contribution in [2.75, 3.05) is 13.1 Å². The molecule has 1 aliphatic heterocycles. The monoisotopic (exact) mass is 333 g/mol. The van der Waals surface area contributed by atoms with Gasteiger partial charge in [0.2, 0.25) is 5.91 Å². The number of nitrogens with one attached hydrogen (secondary N) is 1. The summed E-state index contributed by atoms with van der Waals surface area (Å²) in [5.74, 6) is 0.204. The average Bonchev–Trinajstić information content (AvgIpc) is 2.77. The first-order valence-corrected chi connectivity index (χ1v) is 9.66. The van der Waals surface area contributed by atoms with Gasteiger partial charge in [0.05, 0.1) is 0 Å². The van der Waals surface area contributed by atoms with E-state index in [0.29, 0.717) is 12.1 Å². The van der Waals surface area contributed by atoms with Crippen molar-refractivity contribution in [2.24, 2.45) is 0 Å². The van der Waals surface area contributed by atoms with E-state index in [0.717, 1.165) is 64.5 Å². The molecular formula is C19H31N3O2. The van der Waals surface area contributed by atoms with Crippen LogP contribution in [0.3, 0.4) is 0 Å². The minimum Gasteiger partial charge on any atom is -0.337 e. The Bertz CT molecular complexity index is 487. The van der Waals surface area contributed by atoms with Gasteiger partial charge in [-0.05, 0) is 57.8 Å². The van der Waals surface area contributed by atoms with E-state index in [2.05, 4.69) is 22.4 Å². The van der Waals surface area contributed by atoms with Crippen LogP contribution in [0.2, 0.25) is 0 Å². The fourth-order valence-electron chi connectivity index (χ4n) is 4.22. The maximum Gasteiger partial charge on any atom is 0.317 e. The lowest BCUT2D eigenvalue weighted by Crippen LogP contribution is -2.50. The summed E-state index contributed by atoms with van der Waals surface area (Å²) in [5, 5.41) is 3.15. The quantitative estimate of drug-likeness (QED) is 0.807. The summed E-state index contributed by atoms with van der Waals surface area (Å²) >= 11 is 0. The number of amides is 3. The third kappa shape index (κ3) is 4.11. The molecular weight excluding hydrogens is 302 g/mol. The molecule has 0 aromatic heterocycles. The molecule has 2 atom stereocenters. The Hall–Kier alpha value is -1.52. The molecule has 134 valence electrons. The van der Waals surface area contributed by atoms with Gasteiger partial charge in [0.1, 0.15) is 0 Å². The molecule has 1 heterocycles. The Morgan fingerprint density at radius 1 is 1.00 bits per heavy atom. The van der Waals surface area contributed by atoms with Gasteiger partial charge in [-0.15, -0.1) is 0 Å². The summed E-state index contributed by atoms with van der Waals surface area (Å²) < 4.78 is 0. The van der Waals surface area contributed by atoms with Gasteiger partial charge in [0.25, 0.3) is 0 Å². The van der Waals surface area contributed by atoms with Crippen LogP contribution in [0.5, 0.6) is 0 Å². The largest absolute Gasteiger partial charge is 0.337 e. The molecule has 0 radical (unpaired) electrons.